The largest absolute Gasteiger partial charge is 0.511 e. The summed E-state index contributed by atoms with van der Waals surface area (Å²) in [6.07, 6.45) is 6.14. The number of aliphatic carboxylic acids is 1. The van der Waals surface area contributed by atoms with Crippen LogP contribution in [0.5, 0.6) is 0 Å². The molecule has 2 aliphatic heterocycles. The van der Waals surface area contributed by atoms with Crippen LogP contribution in [0.4, 0.5) is 14.4 Å². The van der Waals surface area contributed by atoms with E-state index in [9.17, 15) is 29.1 Å². The molecule has 2 atom stereocenters. The van der Waals surface area contributed by atoms with E-state index in [1.54, 1.807) is 87.1 Å². The van der Waals surface area contributed by atoms with Crippen molar-refractivity contribution in [1.29, 1.82) is 0 Å². The third-order valence-corrected chi connectivity index (χ3v) is 14.8. The third kappa shape index (κ3) is 23.7. The van der Waals surface area contributed by atoms with Gasteiger partial charge < -0.3 is 38.6 Å². The maximum atomic E-state index is 12.5. The number of esters is 1. The Morgan fingerprint density at radius 2 is 0.977 bits per heavy atom. The highest BCUT2D eigenvalue weighted by Crippen LogP contribution is 2.39. The summed E-state index contributed by atoms with van der Waals surface area (Å²) in [5.74, 6) is 0.0637. The van der Waals surface area contributed by atoms with Gasteiger partial charge in [0.15, 0.2) is 12.1 Å². The summed E-state index contributed by atoms with van der Waals surface area (Å²) >= 11 is 29.0. The first-order valence-corrected chi connectivity index (χ1v) is 30.7. The van der Waals surface area contributed by atoms with Gasteiger partial charge in [0, 0.05) is 89.6 Å². The number of carbonyl (C=O) groups excluding carboxylic acids is 4. The Kier molecular flexibility index (Phi) is 28.3. The van der Waals surface area contributed by atoms with Crippen molar-refractivity contribution in [1.82, 2.24) is 29.1 Å². The molecule has 2 aromatic carbocycles. The van der Waals surface area contributed by atoms with Gasteiger partial charge in [0.1, 0.15) is 34.9 Å². The highest BCUT2D eigenvalue weighted by atomic mass is 79.9. The van der Waals surface area contributed by atoms with E-state index in [0.717, 1.165) is 69.0 Å². The Hall–Kier alpha value is -5.80. The van der Waals surface area contributed by atoms with Crippen LogP contribution in [0, 0.1) is 13.8 Å². The molecule has 8 rings (SSSR count). The fourth-order valence-electron chi connectivity index (χ4n) is 7.57. The van der Waals surface area contributed by atoms with Crippen LogP contribution in [0.2, 0.25) is 0 Å². The van der Waals surface area contributed by atoms with Crippen molar-refractivity contribution in [2.75, 3.05) is 18.9 Å². The molecule has 28 heteroatoms. The summed E-state index contributed by atoms with van der Waals surface area (Å²) in [4.78, 5) is 83.6. The number of carboxylic acids is 1. The predicted molar refractivity (Wildman–Crippen MR) is 340 cm³/mol. The number of aliphatic imine (C=N–C) groups is 2. The lowest BCUT2D eigenvalue weighted by atomic mass is 10.0. The number of carbonyl (C=O) groups is 5. The third-order valence-electron chi connectivity index (χ3n) is 10.8. The van der Waals surface area contributed by atoms with E-state index in [2.05, 4.69) is 109 Å². The lowest BCUT2D eigenvalue weighted by Gasteiger charge is -2.18. The van der Waals surface area contributed by atoms with Gasteiger partial charge in [0.2, 0.25) is 6.79 Å². The molecule has 0 unspecified atom stereocenters. The summed E-state index contributed by atoms with van der Waals surface area (Å²) < 4.78 is 35.6. The molecule has 464 valence electrons. The lowest BCUT2D eigenvalue weighted by Crippen LogP contribution is -2.25. The first-order valence-electron chi connectivity index (χ1n) is 26.0. The van der Waals surface area contributed by atoms with Crippen molar-refractivity contribution >= 4 is 140 Å². The number of aryl methyl sites for hydroxylation is 2. The zero-order chi connectivity index (χ0) is 64.3. The van der Waals surface area contributed by atoms with Crippen LogP contribution in [0.25, 0.3) is 11.4 Å². The SMILES string of the molecule is CC(C)(C)O.CC(C)(C)OC(=O)OCCl.Cc1cnc2n1-c1cc(Br)c(Br)cc1C(c1ccccn1)=N[C@H]2CCC(=O)O.Cc1cnc2n1-c1cc(Br)c(Br)cc1C(c1ccccn1)=N[C@H]2CCC(=O)OCOC(=O)OC(C)(C)C.O=C(Cl)OCCl. The predicted octanol–water partition coefficient (Wildman–Crippen LogP) is 15.6. The Balaban J connectivity index is 0.000000281. The molecule has 0 amide bonds. The van der Waals surface area contributed by atoms with Crippen LogP contribution in [0.3, 0.4) is 0 Å². The number of hydrogen-bond acceptors (Lipinski definition) is 18. The molecule has 0 saturated heterocycles. The topological polar surface area (TPSA) is 267 Å². The number of halogens is 7. The molecule has 2 aliphatic rings. The van der Waals surface area contributed by atoms with Gasteiger partial charge in [-0.25, -0.2) is 24.4 Å². The van der Waals surface area contributed by atoms with Crippen molar-refractivity contribution < 1.29 is 62.6 Å². The number of imidazole rings is 2. The normalized spacial score (nSPS) is 13.8. The lowest BCUT2D eigenvalue weighted by molar-refractivity contribution is -0.154. The van der Waals surface area contributed by atoms with Crippen molar-refractivity contribution in [2.45, 2.75) is 131 Å². The summed E-state index contributed by atoms with van der Waals surface area (Å²) in [6.45, 7) is 19.1. The first-order chi connectivity index (χ1) is 40.2. The van der Waals surface area contributed by atoms with Gasteiger partial charge in [0.05, 0.1) is 39.8 Å². The molecule has 4 aromatic heterocycles. The Morgan fingerprint density at radius 1 is 0.581 bits per heavy atom. The molecule has 2 N–H and O–H groups in total. The van der Waals surface area contributed by atoms with Crippen LogP contribution < -0.4 is 0 Å². The number of hydrogen-bond donors (Lipinski definition) is 2. The number of rotatable bonds is 12. The number of alkyl halides is 2. The second kappa shape index (κ2) is 33.5. The van der Waals surface area contributed by atoms with Gasteiger partial charge in [-0.3, -0.25) is 38.7 Å². The van der Waals surface area contributed by atoms with Gasteiger partial charge >= 0.3 is 29.7 Å². The monoisotopic (exact) mass is 1500 g/mol. The van der Waals surface area contributed by atoms with Crippen molar-refractivity contribution in [3.63, 3.8) is 0 Å². The number of fused-ring (bicyclic) bond motifs is 6. The molecule has 0 spiro atoms. The Bertz CT molecular complexity index is 3360. The number of aromatic nitrogens is 6. The van der Waals surface area contributed by atoms with Crippen molar-refractivity contribution in [3.8, 4) is 11.4 Å². The molecule has 86 heavy (non-hydrogen) atoms. The summed E-state index contributed by atoms with van der Waals surface area (Å²) in [5.41, 5.74) is 5.81. The molecule has 0 fully saturated rings. The Labute approximate surface area is 547 Å². The number of ether oxygens (including phenoxy) is 6. The maximum Gasteiger partial charge on any atom is 0.511 e. The van der Waals surface area contributed by atoms with Gasteiger partial charge in [-0.05, 0) is 201 Å². The zero-order valence-electron chi connectivity index (χ0n) is 48.8. The van der Waals surface area contributed by atoms with E-state index < -0.39 is 59.3 Å². The highest BCUT2D eigenvalue weighted by molar-refractivity contribution is 9.13. The molecular formula is C58H65Br4Cl3N8O13. The smallest absolute Gasteiger partial charge is 0.481 e. The average molecular weight is 1510 g/mol. The number of nitrogens with zero attached hydrogens (tertiary/aromatic N) is 8. The second-order valence-electron chi connectivity index (χ2n) is 21.3. The molecule has 0 radical (unpaired) electrons. The van der Waals surface area contributed by atoms with Gasteiger partial charge in [-0.2, -0.15) is 0 Å². The summed E-state index contributed by atoms with van der Waals surface area (Å²) in [5, 5.41) is 17.7. The van der Waals surface area contributed by atoms with E-state index in [1.165, 1.54) is 0 Å². The number of carboxylic acid groups (broad SMARTS) is 1. The van der Waals surface area contributed by atoms with E-state index in [-0.39, 0.29) is 31.0 Å². The summed E-state index contributed by atoms with van der Waals surface area (Å²) in [6, 6.07) is 18.2. The van der Waals surface area contributed by atoms with Gasteiger partial charge in [-0.15, -0.1) is 0 Å². The quantitative estimate of drug-likeness (QED) is 0.0379. The highest BCUT2D eigenvalue weighted by Gasteiger charge is 2.31. The standard InChI is InChI=1S/C26H26Br2N4O5.C20H16Br2N4O2.C6H11ClO3.C4H10O.C2H2Cl2O2/c1-15-13-30-24-20(8-9-22(33)35-14-36-25(34)37-26(2,3)4)31-23(19-7-5-6-10-29-19)16-11-17(27)18(28)12-21(16)32(15)24;1-11-10-24-20-16(5-6-18(27)28)25-19(15-4-2-3-7-23-15)12-8-13(21)14(22)9-17(12)26(11)20;1-6(2,3)10-5(8)9-4-7;1-4(2,3)5;3-1-6-2(4)5/h5-7,10-13,20H,8-9,14H2,1-4H3;2-4,7-10,16H,5-6H2,1H3,(H,27,28);4H2,1-3H3;5H,1-3H3;1H2/t20-;16-;;;/m00.../s1. The minimum absolute atomic E-state index is 0.0132. The van der Waals surface area contributed by atoms with Crippen LogP contribution >= 0.6 is 98.5 Å². The molecular weight excluding hydrogens is 1440 g/mol. The Morgan fingerprint density at radius 3 is 1.33 bits per heavy atom. The number of benzene rings is 2. The molecule has 0 aliphatic carbocycles. The average Bonchev–Trinajstić information content (AvgIpc) is 2.19. The van der Waals surface area contributed by atoms with E-state index in [0.29, 0.717) is 30.1 Å². The van der Waals surface area contributed by atoms with Crippen LogP contribution in [-0.4, -0.2) is 116 Å². The van der Waals surface area contributed by atoms with Gasteiger partial charge in [-0.1, -0.05) is 35.3 Å². The maximum absolute atomic E-state index is 12.5. The number of aliphatic hydroxyl groups is 1. The molecule has 0 bridgehead atoms. The van der Waals surface area contributed by atoms with Crippen LogP contribution in [0.15, 0.2) is 113 Å². The second-order valence-corrected chi connectivity index (χ2v) is 25.4. The van der Waals surface area contributed by atoms with Gasteiger partial charge in [0.25, 0.3) is 0 Å². The number of pyridine rings is 2. The van der Waals surface area contributed by atoms with Crippen LogP contribution in [-0.2, 0) is 38.0 Å². The van der Waals surface area contributed by atoms with E-state index in [4.69, 9.17) is 57.2 Å². The van der Waals surface area contributed by atoms with E-state index in [1.807, 2.05) is 79.1 Å². The minimum atomic E-state index is -0.902. The van der Waals surface area contributed by atoms with E-state index >= 15 is 0 Å². The molecule has 6 aromatic rings. The fraction of sp³-hybridized carbons (Fsp3) is 0.397. The minimum Gasteiger partial charge on any atom is -0.481 e. The van der Waals surface area contributed by atoms with Crippen molar-refractivity contribution in [3.05, 3.63) is 149 Å². The van der Waals surface area contributed by atoms with Crippen LogP contribution in [0.1, 0.15) is 146 Å². The molecule has 21 nitrogen and oxygen atoms in total. The fourth-order valence-corrected chi connectivity index (χ4v) is 9.22. The summed E-state index contributed by atoms with van der Waals surface area (Å²) in [7, 11) is 0. The van der Waals surface area contributed by atoms with Crippen molar-refractivity contribution in [2.24, 2.45) is 9.98 Å². The molecule has 6 heterocycles. The molecule has 0 saturated carbocycles. The zero-order valence-corrected chi connectivity index (χ0v) is 57.4. The first kappa shape index (κ1) is 72.7.